The molecule has 6 heteroatoms. The molecule has 3 rings (SSSR count). The van der Waals surface area contributed by atoms with Crippen LogP contribution in [0.2, 0.25) is 0 Å². The van der Waals surface area contributed by atoms with Gasteiger partial charge in [-0.3, -0.25) is 9.59 Å². The number of hydrogen-bond acceptors (Lipinski definition) is 3. The van der Waals surface area contributed by atoms with E-state index in [0.717, 1.165) is 25.7 Å². The van der Waals surface area contributed by atoms with Crippen LogP contribution in [0.5, 0.6) is 5.75 Å². The molecular weight excluding hydrogens is 323 g/mol. The molecule has 2 amide bonds. The van der Waals surface area contributed by atoms with E-state index in [4.69, 9.17) is 4.74 Å². The maximum absolute atomic E-state index is 13.5. The number of benzene rings is 1. The third kappa shape index (κ3) is 4.30. The van der Waals surface area contributed by atoms with Gasteiger partial charge >= 0.3 is 0 Å². The molecular formula is C19H25FN2O3. The molecule has 25 heavy (non-hydrogen) atoms. The van der Waals surface area contributed by atoms with Gasteiger partial charge < -0.3 is 15.4 Å². The average molecular weight is 348 g/mol. The first-order chi connectivity index (χ1) is 12.1. The first-order valence-electron chi connectivity index (χ1n) is 9.03. The summed E-state index contributed by atoms with van der Waals surface area (Å²) >= 11 is 0. The van der Waals surface area contributed by atoms with Gasteiger partial charge in [-0.2, -0.15) is 0 Å². The van der Waals surface area contributed by atoms with Crippen LogP contribution in [0, 0.1) is 17.7 Å². The molecule has 4 unspecified atom stereocenters. The number of carbonyl (C=O) groups excluding carboxylic acids is 2. The molecule has 0 radical (unpaired) electrons. The second-order valence-corrected chi connectivity index (χ2v) is 7.01. The molecule has 136 valence electrons. The maximum Gasteiger partial charge on any atom is 0.258 e. The molecule has 2 fully saturated rings. The largest absolute Gasteiger partial charge is 0.481 e. The molecule has 1 heterocycles. The van der Waals surface area contributed by atoms with Crippen LogP contribution in [0.3, 0.4) is 0 Å². The Balaban J connectivity index is 1.50. The summed E-state index contributed by atoms with van der Waals surface area (Å²) in [6.07, 6.45) is 4.28. The monoisotopic (exact) mass is 348 g/mol. The van der Waals surface area contributed by atoms with Crippen molar-refractivity contribution in [1.29, 1.82) is 0 Å². The highest BCUT2D eigenvalue weighted by Crippen LogP contribution is 2.36. The first-order valence-corrected chi connectivity index (χ1v) is 9.03. The Labute approximate surface area is 147 Å². The van der Waals surface area contributed by atoms with Crippen LogP contribution < -0.4 is 15.4 Å². The third-order valence-electron chi connectivity index (χ3n) is 5.39. The van der Waals surface area contributed by atoms with Crippen molar-refractivity contribution in [3.05, 3.63) is 30.1 Å². The summed E-state index contributed by atoms with van der Waals surface area (Å²) in [6, 6.07) is 6.18. The number of halogens is 1. The van der Waals surface area contributed by atoms with E-state index < -0.39 is 5.82 Å². The number of ether oxygens (including phenoxy) is 1. The normalized spacial score (nSPS) is 28.6. The predicted octanol–water partition coefficient (Wildman–Crippen LogP) is 2.40. The van der Waals surface area contributed by atoms with Crippen molar-refractivity contribution in [3.63, 3.8) is 0 Å². The SMILES string of the molecule is CCC1CC(=O)NC2CC(NC(=O)COc3ccccc3F)CCC12. The van der Waals surface area contributed by atoms with Crippen molar-refractivity contribution < 1.29 is 18.7 Å². The Hall–Kier alpha value is -2.11. The number of rotatable bonds is 5. The number of carbonyl (C=O) groups is 2. The molecule has 4 atom stereocenters. The number of fused-ring (bicyclic) bond motifs is 1. The number of para-hydroxylation sites is 1. The molecule has 1 aliphatic heterocycles. The fourth-order valence-corrected chi connectivity index (χ4v) is 4.13. The first kappa shape index (κ1) is 17.7. The van der Waals surface area contributed by atoms with Gasteiger partial charge in [0.1, 0.15) is 0 Å². The van der Waals surface area contributed by atoms with Gasteiger partial charge in [-0.25, -0.2) is 4.39 Å². The van der Waals surface area contributed by atoms with Crippen LogP contribution in [0.15, 0.2) is 24.3 Å². The van der Waals surface area contributed by atoms with Crippen molar-refractivity contribution in [2.75, 3.05) is 6.61 Å². The number of hydrogen-bond donors (Lipinski definition) is 2. The van der Waals surface area contributed by atoms with Crippen molar-refractivity contribution in [2.24, 2.45) is 11.8 Å². The fraction of sp³-hybridized carbons (Fsp3) is 0.579. The van der Waals surface area contributed by atoms with Crippen molar-refractivity contribution in [3.8, 4) is 5.75 Å². The van der Waals surface area contributed by atoms with E-state index in [9.17, 15) is 14.0 Å². The number of nitrogens with one attached hydrogen (secondary N) is 2. The minimum absolute atomic E-state index is 0.0221. The van der Waals surface area contributed by atoms with Crippen LogP contribution in [0.4, 0.5) is 4.39 Å². The second-order valence-electron chi connectivity index (χ2n) is 7.01. The highest BCUT2D eigenvalue weighted by molar-refractivity contribution is 5.78. The lowest BCUT2D eigenvalue weighted by Gasteiger charge is -2.44. The zero-order valence-electron chi connectivity index (χ0n) is 14.5. The molecule has 0 spiro atoms. The molecule has 1 saturated carbocycles. The van der Waals surface area contributed by atoms with E-state index in [1.807, 2.05) is 0 Å². The Morgan fingerprint density at radius 1 is 1.36 bits per heavy atom. The lowest BCUT2D eigenvalue weighted by molar-refractivity contribution is -0.127. The van der Waals surface area contributed by atoms with Gasteiger partial charge in [-0.1, -0.05) is 25.5 Å². The summed E-state index contributed by atoms with van der Waals surface area (Å²) < 4.78 is 18.7. The van der Waals surface area contributed by atoms with Crippen LogP contribution in [0.1, 0.15) is 39.0 Å². The fourth-order valence-electron chi connectivity index (χ4n) is 4.13. The van der Waals surface area contributed by atoms with Crippen LogP contribution in [-0.4, -0.2) is 30.5 Å². The summed E-state index contributed by atoms with van der Waals surface area (Å²) in [6.45, 7) is 1.92. The zero-order valence-corrected chi connectivity index (χ0v) is 14.5. The third-order valence-corrected chi connectivity index (χ3v) is 5.39. The summed E-state index contributed by atoms with van der Waals surface area (Å²) in [7, 11) is 0. The lowest BCUT2D eigenvalue weighted by Crippen LogP contribution is -2.55. The predicted molar refractivity (Wildman–Crippen MR) is 91.5 cm³/mol. The quantitative estimate of drug-likeness (QED) is 0.859. The van der Waals surface area contributed by atoms with E-state index in [0.29, 0.717) is 18.3 Å². The number of piperidine rings is 1. The van der Waals surface area contributed by atoms with Crippen LogP contribution in [0.25, 0.3) is 0 Å². The van der Waals surface area contributed by atoms with Gasteiger partial charge in [0.15, 0.2) is 18.2 Å². The maximum atomic E-state index is 13.5. The summed E-state index contributed by atoms with van der Waals surface area (Å²) in [4.78, 5) is 23.9. The molecule has 0 aromatic heterocycles. The number of amides is 2. The van der Waals surface area contributed by atoms with E-state index in [-0.39, 0.29) is 36.3 Å². The van der Waals surface area contributed by atoms with E-state index in [2.05, 4.69) is 17.6 Å². The van der Waals surface area contributed by atoms with E-state index in [1.165, 1.54) is 12.1 Å². The Bertz CT molecular complexity index is 637. The molecule has 0 bridgehead atoms. The standard InChI is InChI=1S/C19H25FN2O3/c1-2-12-9-18(23)22-16-10-13(7-8-14(12)16)21-19(24)11-25-17-6-4-3-5-15(17)20/h3-6,12-14,16H,2,7-11H2,1H3,(H,21,24)(H,22,23). The van der Waals surface area contributed by atoms with Gasteiger partial charge in [0, 0.05) is 18.5 Å². The Kier molecular flexibility index (Phi) is 5.56. The van der Waals surface area contributed by atoms with E-state index in [1.54, 1.807) is 12.1 Å². The zero-order chi connectivity index (χ0) is 17.8. The van der Waals surface area contributed by atoms with Crippen molar-refractivity contribution in [1.82, 2.24) is 10.6 Å². The summed E-state index contributed by atoms with van der Waals surface area (Å²) in [5.74, 6) is 0.396. The van der Waals surface area contributed by atoms with Gasteiger partial charge in [-0.05, 0) is 43.2 Å². The smallest absolute Gasteiger partial charge is 0.258 e. The minimum Gasteiger partial charge on any atom is -0.481 e. The van der Waals surface area contributed by atoms with Crippen LogP contribution in [-0.2, 0) is 9.59 Å². The summed E-state index contributed by atoms with van der Waals surface area (Å²) in [5.41, 5.74) is 0. The summed E-state index contributed by atoms with van der Waals surface area (Å²) in [5, 5.41) is 6.03. The van der Waals surface area contributed by atoms with Crippen molar-refractivity contribution >= 4 is 11.8 Å². The molecule has 2 N–H and O–H groups in total. The van der Waals surface area contributed by atoms with Gasteiger partial charge in [0.2, 0.25) is 5.91 Å². The molecule has 5 nitrogen and oxygen atoms in total. The lowest BCUT2D eigenvalue weighted by atomic mass is 9.70. The highest BCUT2D eigenvalue weighted by Gasteiger charge is 2.40. The molecule has 1 saturated heterocycles. The topological polar surface area (TPSA) is 67.4 Å². The molecule has 1 aromatic rings. The van der Waals surface area contributed by atoms with E-state index >= 15 is 0 Å². The Morgan fingerprint density at radius 2 is 2.16 bits per heavy atom. The minimum atomic E-state index is -0.480. The van der Waals surface area contributed by atoms with Gasteiger partial charge in [0.05, 0.1) is 0 Å². The van der Waals surface area contributed by atoms with Crippen LogP contribution >= 0.6 is 0 Å². The highest BCUT2D eigenvalue weighted by atomic mass is 19.1. The average Bonchev–Trinajstić information content (AvgIpc) is 2.60. The molecule has 1 aromatic carbocycles. The second kappa shape index (κ2) is 7.85. The molecule has 2 aliphatic rings. The van der Waals surface area contributed by atoms with Crippen molar-refractivity contribution in [2.45, 2.75) is 51.1 Å². The van der Waals surface area contributed by atoms with Gasteiger partial charge in [-0.15, -0.1) is 0 Å². The molecule has 1 aliphatic carbocycles. The Morgan fingerprint density at radius 3 is 2.92 bits per heavy atom. The van der Waals surface area contributed by atoms with Gasteiger partial charge in [0.25, 0.3) is 5.91 Å².